The number of anilines is 1. The number of urea groups is 1. The van der Waals surface area contributed by atoms with Crippen LogP contribution in [-0.2, 0) is 0 Å². The van der Waals surface area contributed by atoms with Crippen LogP contribution in [0.25, 0.3) is 0 Å². The molecule has 0 spiro atoms. The molecule has 1 aromatic rings. The average Bonchev–Trinajstić information content (AvgIpc) is 2.43. The first kappa shape index (κ1) is 13.8. The van der Waals surface area contributed by atoms with Gasteiger partial charge in [-0.05, 0) is 44.0 Å². The third kappa shape index (κ3) is 3.69. The van der Waals surface area contributed by atoms with Gasteiger partial charge in [-0.1, -0.05) is 19.3 Å². The Morgan fingerprint density at radius 2 is 1.89 bits per heavy atom. The van der Waals surface area contributed by atoms with Crippen molar-refractivity contribution in [1.29, 1.82) is 0 Å². The first-order valence-electron chi connectivity index (χ1n) is 7.04. The standard InChI is InChI=1S/C15H21FN2O/c1-2-18(14-6-4-3-5-7-14)15(19)17-13-10-8-12(16)9-11-13/h8-11,14H,2-7H2,1H3,(H,17,19). The molecule has 0 bridgehead atoms. The molecule has 1 aromatic carbocycles. The lowest BCUT2D eigenvalue weighted by molar-refractivity contribution is 0.172. The Bertz CT molecular complexity index is 413. The van der Waals surface area contributed by atoms with Gasteiger partial charge in [0, 0.05) is 18.3 Å². The molecule has 0 atom stereocenters. The Balaban J connectivity index is 1.97. The average molecular weight is 264 g/mol. The van der Waals surface area contributed by atoms with E-state index in [1.807, 2.05) is 11.8 Å². The van der Waals surface area contributed by atoms with Crippen molar-refractivity contribution in [2.24, 2.45) is 0 Å². The molecule has 4 heteroatoms. The predicted molar refractivity (Wildman–Crippen MR) is 74.7 cm³/mol. The number of carbonyl (C=O) groups is 1. The minimum Gasteiger partial charge on any atom is -0.322 e. The van der Waals surface area contributed by atoms with E-state index in [-0.39, 0.29) is 11.8 Å². The zero-order valence-corrected chi connectivity index (χ0v) is 11.4. The van der Waals surface area contributed by atoms with E-state index in [4.69, 9.17) is 0 Å². The van der Waals surface area contributed by atoms with Crippen molar-refractivity contribution >= 4 is 11.7 Å². The molecule has 1 N–H and O–H groups in total. The number of amides is 2. The van der Waals surface area contributed by atoms with Gasteiger partial charge in [-0.25, -0.2) is 9.18 Å². The van der Waals surface area contributed by atoms with Gasteiger partial charge in [0.1, 0.15) is 5.82 Å². The molecule has 3 nitrogen and oxygen atoms in total. The van der Waals surface area contributed by atoms with Crippen LogP contribution >= 0.6 is 0 Å². The Hall–Kier alpha value is -1.58. The molecule has 1 saturated carbocycles. The third-order valence-corrected chi connectivity index (χ3v) is 3.71. The number of benzene rings is 1. The molecule has 0 heterocycles. The van der Waals surface area contributed by atoms with Crippen molar-refractivity contribution in [1.82, 2.24) is 4.90 Å². The quantitative estimate of drug-likeness (QED) is 0.879. The summed E-state index contributed by atoms with van der Waals surface area (Å²) in [7, 11) is 0. The highest BCUT2D eigenvalue weighted by Crippen LogP contribution is 2.23. The van der Waals surface area contributed by atoms with E-state index in [1.54, 1.807) is 12.1 Å². The van der Waals surface area contributed by atoms with Gasteiger partial charge in [-0.3, -0.25) is 0 Å². The van der Waals surface area contributed by atoms with Gasteiger partial charge in [0.05, 0.1) is 0 Å². The van der Waals surface area contributed by atoms with Crippen LogP contribution in [0.15, 0.2) is 24.3 Å². The molecular weight excluding hydrogens is 243 g/mol. The van der Waals surface area contributed by atoms with Crippen molar-refractivity contribution < 1.29 is 9.18 Å². The van der Waals surface area contributed by atoms with Crippen LogP contribution in [0.1, 0.15) is 39.0 Å². The molecule has 1 aliphatic rings. The Labute approximate surface area is 113 Å². The summed E-state index contributed by atoms with van der Waals surface area (Å²) in [6, 6.07) is 6.14. The van der Waals surface area contributed by atoms with E-state index >= 15 is 0 Å². The lowest BCUT2D eigenvalue weighted by Crippen LogP contribution is -2.43. The third-order valence-electron chi connectivity index (χ3n) is 3.71. The molecule has 19 heavy (non-hydrogen) atoms. The summed E-state index contributed by atoms with van der Waals surface area (Å²) in [6.07, 6.45) is 5.85. The van der Waals surface area contributed by atoms with Crippen LogP contribution < -0.4 is 5.32 Å². The largest absolute Gasteiger partial charge is 0.322 e. The zero-order chi connectivity index (χ0) is 13.7. The molecule has 1 fully saturated rings. The fraction of sp³-hybridized carbons (Fsp3) is 0.533. The van der Waals surface area contributed by atoms with E-state index in [0.29, 0.717) is 18.3 Å². The molecular formula is C15H21FN2O. The maximum absolute atomic E-state index is 12.8. The smallest absolute Gasteiger partial charge is 0.322 e. The first-order chi connectivity index (χ1) is 9.20. The second-order valence-corrected chi connectivity index (χ2v) is 5.01. The van der Waals surface area contributed by atoms with Gasteiger partial charge in [-0.15, -0.1) is 0 Å². The minimum atomic E-state index is -0.294. The van der Waals surface area contributed by atoms with Crippen molar-refractivity contribution in [3.05, 3.63) is 30.1 Å². The number of rotatable bonds is 3. The summed E-state index contributed by atoms with van der Waals surface area (Å²) in [4.78, 5) is 14.1. The number of nitrogens with one attached hydrogen (secondary N) is 1. The van der Waals surface area contributed by atoms with Crippen LogP contribution in [0.2, 0.25) is 0 Å². The van der Waals surface area contributed by atoms with Gasteiger partial charge in [-0.2, -0.15) is 0 Å². The Morgan fingerprint density at radius 3 is 2.47 bits per heavy atom. The molecule has 0 unspecified atom stereocenters. The Morgan fingerprint density at radius 1 is 1.26 bits per heavy atom. The molecule has 1 aliphatic carbocycles. The summed E-state index contributed by atoms with van der Waals surface area (Å²) >= 11 is 0. The summed E-state index contributed by atoms with van der Waals surface area (Å²) in [6.45, 7) is 2.70. The molecule has 104 valence electrons. The van der Waals surface area contributed by atoms with Gasteiger partial charge < -0.3 is 10.2 Å². The van der Waals surface area contributed by atoms with Crippen molar-refractivity contribution in [2.75, 3.05) is 11.9 Å². The maximum Gasteiger partial charge on any atom is 0.322 e. The van der Waals surface area contributed by atoms with Gasteiger partial charge in [0.2, 0.25) is 0 Å². The molecule has 0 aromatic heterocycles. The number of nitrogens with zero attached hydrogens (tertiary/aromatic N) is 1. The number of carbonyl (C=O) groups excluding carboxylic acids is 1. The summed E-state index contributed by atoms with van der Waals surface area (Å²) in [5, 5.41) is 2.84. The second-order valence-electron chi connectivity index (χ2n) is 5.01. The number of hydrogen-bond donors (Lipinski definition) is 1. The van der Waals surface area contributed by atoms with Crippen molar-refractivity contribution in [3.8, 4) is 0 Å². The highest BCUT2D eigenvalue weighted by Gasteiger charge is 2.23. The van der Waals surface area contributed by atoms with Crippen molar-refractivity contribution in [3.63, 3.8) is 0 Å². The number of halogens is 1. The highest BCUT2D eigenvalue weighted by molar-refractivity contribution is 5.89. The van der Waals surface area contributed by atoms with Crippen LogP contribution in [-0.4, -0.2) is 23.5 Å². The first-order valence-corrected chi connectivity index (χ1v) is 7.04. The van der Waals surface area contributed by atoms with Crippen LogP contribution in [0, 0.1) is 5.82 Å². The fourth-order valence-corrected chi connectivity index (χ4v) is 2.69. The highest BCUT2D eigenvalue weighted by atomic mass is 19.1. The fourth-order valence-electron chi connectivity index (χ4n) is 2.69. The van der Waals surface area contributed by atoms with Crippen LogP contribution in [0.5, 0.6) is 0 Å². The van der Waals surface area contributed by atoms with Crippen molar-refractivity contribution in [2.45, 2.75) is 45.1 Å². The minimum absolute atomic E-state index is 0.0824. The van der Waals surface area contributed by atoms with E-state index in [2.05, 4.69) is 5.32 Å². The molecule has 0 saturated heterocycles. The van der Waals surface area contributed by atoms with Gasteiger partial charge in [0.25, 0.3) is 0 Å². The number of hydrogen-bond acceptors (Lipinski definition) is 1. The summed E-state index contributed by atoms with van der Waals surface area (Å²) in [5.74, 6) is -0.294. The zero-order valence-electron chi connectivity index (χ0n) is 11.4. The molecule has 0 radical (unpaired) electrons. The Kier molecular flexibility index (Phi) is 4.77. The normalized spacial score (nSPS) is 16.1. The summed E-state index contributed by atoms with van der Waals surface area (Å²) < 4.78 is 12.8. The lowest BCUT2D eigenvalue weighted by Gasteiger charge is -2.33. The van der Waals surface area contributed by atoms with E-state index in [0.717, 1.165) is 12.8 Å². The topological polar surface area (TPSA) is 32.3 Å². The van der Waals surface area contributed by atoms with E-state index < -0.39 is 0 Å². The molecule has 2 amide bonds. The predicted octanol–water partition coefficient (Wildman–Crippen LogP) is 4.01. The summed E-state index contributed by atoms with van der Waals surface area (Å²) in [5.41, 5.74) is 0.639. The van der Waals surface area contributed by atoms with Gasteiger partial charge >= 0.3 is 6.03 Å². The molecule has 0 aliphatic heterocycles. The second kappa shape index (κ2) is 6.55. The monoisotopic (exact) mass is 264 g/mol. The van der Waals surface area contributed by atoms with E-state index in [1.165, 1.54) is 31.4 Å². The SMILES string of the molecule is CCN(C(=O)Nc1ccc(F)cc1)C1CCCCC1. The van der Waals surface area contributed by atoms with Crippen LogP contribution in [0.4, 0.5) is 14.9 Å². The van der Waals surface area contributed by atoms with Crippen LogP contribution in [0.3, 0.4) is 0 Å². The van der Waals surface area contributed by atoms with Gasteiger partial charge in [0.15, 0.2) is 0 Å². The maximum atomic E-state index is 12.8. The molecule has 2 rings (SSSR count). The van der Waals surface area contributed by atoms with E-state index in [9.17, 15) is 9.18 Å². The lowest BCUT2D eigenvalue weighted by atomic mass is 9.94.